The number of halogens is 3. The molecular weight excluding hydrogens is 278 g/mol. The maximum Gasteiger partial charge on any atom is 2.00 e. The maximum absolute atomic E-state index is 13.0. The van der Waals surface area contributed by atoms with Crippen LogP contribution in [0.1, 0.15) is 20.8 Å². The molecule has 15 heavy (non-hydrogen) atoms. The summed E-state index contributed by atoms with van der Waals surface area (Å²) in [5, 5.41) is 0. The molecule has 0 fully saturated rings. The predicted octanol–water partition coefficient (Wildman–Crippen LogP) is -0.435. The SMILES string of the molecule is CC(C)(C)Oc1c[c-]cc(F)c1F.[Br-].[Mg+2]. The Labute approximate surface area is 115 Å². The first kappa shape index (κ1) is 17.5. The molecule has 0 N–H and O–H groups in total. The predicted molar refractivity (Wildman–Crippen MR) is 51.3 cm³/mol. The normalized spacial score (nSPS) is 9.93. The van der Waals surface area contributed by atoms with Crippen molar-refractivity contribution in [2.75, 3.05) is 0 Å². The zero-order valence-corrected chi connectivity index (χ0v) is 11.9. The van der Waals surface area contributed by atoms with E-state index in [1.165, 1.54) is 6.07 Å². The molecule has 0 aliphatic heterocycles. The first-order valence-electron chi connectivity index (χ1n) is 3.94. The molecule has 0 unspecified atom stereocenters. The summed E-state index contributed by atoms with van der Waals surface area (Å²) in [6.07, 6.45) is 0. The van der Waals surface area contributed by atoms with Gasteiger partial charge in [-0.15, -0.1) is 12.1 Å². The molecule has 80 valence electrons. The minimum Gasteiger partial charge on any atom is -1.00 e. The summed E-state index contributed by atoms with van der Waals surface area (Å²) in [5.74, 6) is -2.01. The van der Waals surface area contributed by atoms with Gasteiger partial charge in [0.15, 0.2) is 0 Å². The van der Waals surface area contributed by atoms with Crippen molar-refractivity contribution in [1.29, 1.82) is 0 Å². The third-order valence-corrected chi connectivity index (χ3v) is 1.27. The summed E-state index contributed by atoms with van der Waals surface area (Å²) in [6.45, 7) is 5.28. The fourth-order valence-corrected chi connectivity index (χ4v) is 0.839. The molecule has 0 saturated carbocycles. The number of ether oxygens (including phenoxy) is 1. The molecule has 0 aromatic heterocycles. The Bertz CT molecular complexity index is 313. The Morgan fingerprint density at radius 2 is 1.73 bits per heavy atom. The standard InChI is InChI=1S/C10H11F2O.BrH.Mg/c1-10(2,3)13-8-6-4-5-7(11)9(8)12;;/h5-6H,1-3H3;1H;/q-1;;+2/p-1. The Morgan fingerprint density at radius 1 is 1.20 bits per heavy atom. The van der Waals surface area contributed by atoms with Crippen molar-refractivity contribution in [3.8, 4) is 5.75 Å². The van der Waals surface area contributed by atoms with Crippen LogP contribution < -0.4 is 21.7 Å². The van der Waals surface area contributed by atoms with Crippen LogP contribution in [0.2, 0.25) is 0 Å². The Morgan fingerprint density at radius 3 is 2.20 bits per heavy atom. The van der Waals surface area contributed by atoms with E-state index in [1.54, 1.807) is 20.8 Å². The van der Waals surface area contributed by atoms with Gasteiger partial charge < -0.3 is 21.7 Å². The van der Waals surface area contributed by atoms with Gasteiger partial charge in [-0.2, -0.15) is 6.07 Å². The van der Waals surface area contributed by atoms with Gasteiger partial charge in [0.05, 0.1) is 11.4 Å². The van der Waals surface area contributed by atoms with Gasteiger partial charge in [0, 0.05) is 11.6 Å². The third kappa shape index (κ3) is 5.68. The fraction of sp³-hybridized carbons (Fsp3) is 0.400. The maximum atomic E-state index is 13.0. The molecule has 1 aromatic rings. The van der Waals surface area contributed by atoms with Crippen LogP contribution >= 0.6 is 0 Å². The van der Waals surface area contributed by atoms with Gasteiger partial charge in [-0.05, 0) is 20.8 Å². The van der Waals surface area contributed by atoms with Crippen LogP contribution in [0.5, 0.6) is 5.75 Å². The zero-order valence-electron chi connectivity index (χ0n) is 8.90. The Hall–Kier alpha value is 0.126. The van der Waals surface area contributed by atoms with E-state index in [2.05, 4.69) is 6.07 Å². The van der Waals surface area contributed by atoms with Crippen LogP contribution in [-0.2, 0) is 0 Å². The van der Waals surface area contributed by atoms with E-state index in [9.17, 15) is 8.78 Å². The van der Waals surface area contributed by atoms with E-state index in [-0.39, 0.29) is 45.8 Å². The van der Waals surface area contributed by atoms with Crippen LogP contribution in [0, 0.1) is 17.7 Å². The summed E-state index contributed by atoms with van der Waals surface area (Å²) < 4.78 is 30.8. The topological polar surface area (TPSA) is 9.23 Å². The van der Waals surface area contributed by atoms with Crippen molar-refractivity contribution < 1.29 is 30.5 Å². The second kappa shape index (κ2) is 6.65. The Balaban J connectivity index is 0. The molecule has 0 heterocycles. The molecule has 0 saturated heterocycles. The smallest absolute Gasteiger partial charge is 1.00 e. The van der Waals surface area contributed by atoms with Crippen molar-refractivity contribution >= 4 is 23.1 Å². The largest absolute Gasteiger partial charge is 2.00 e. The van der Waals surface area contributed by atoms with Crippen LogP contribution in [0.4, 0.5) is 8.78 Å². The van der Waals surface area contributed by atoms with E-state index >= 15 is 0 Å². The molecule has 0 aliphatic rings. The van der Waals surface area contributed by atoms with Crippen molar-refractivity contribution in [1.82, 2.24) is 0 Å². The van der Waals surface area contributed by atoms with Gasteiger partial charge in [-0.25, -0.2) is 4.39 Å². The molecule has 1 nitrogen and oxygen atoms in total. The van der Waals surface area contributed by atoms with Crippen LogP contribution in [0.3, 0.4) is 0 Å². The quantitative estimate of drug-likeness (QED) is 0.503. The molecule has 0 bridgehead atoms. The average molecular weight is 289 g/mol. The summed E-state index contributed by atoms with van der Waals surface area (Å²) >= 11 is 0. The van der Waals surface area contributed by atoms with Crippen molar-refractivity contribution in [3.63, 3.8) is 0 Å². The molecule has 5 heteroatoms. The summed E-state index contributed by atoms with van der Waals surface area (Å²) in [4.78, 5) is 0. The molecule has 0 radical (unpaired) electrons. The van der Waals surface area contributed by atoms with E-state index in [0.29, 0.717) is 0 Å². The third-order valence-electron chi connectivity index (χ3n) is 1.27. The van der Waals surface area contributed by atoms with E-state index in [0.717, 1.165) is 6.07 Å². The fourth-order valence-electron chi connectivity index (χ4n) is 0.839. The van der Waals surface area contributed by atoms with Gasteiger partial charge >= 0.3 is 23.1 Å². The monoisotopic (exact) mass is 288 g/mol. The summed E-state index contributed by atoms with van der Waals surface area (Å²) in [5.41, 5.74) is -0.539. The van der Waals surface area contributed by atoms with Crippen molar-refractivity contribution in [3.05, 3.63) is 29.8 Å². The molecule has 0 atom stereocenters. The minimum atomic E-state index is -0.964. The van der Waals surface area contributed by atoms with Crippen molar-refractivity contribution in [2.45, 2.75) is 26.4 Å². The summed E-state index contributed by atoms with van der Waals surface area (Å²) in [6, 6.07) is 4.67. The molecule has 0 amide bonds. The van der Waals surface area contributed by atoms with Crippen LogP contribution in [-0.4, -0.2) is 28.7 Å². The first-order chi connectivity index (χ1) is 5.90. The number of hydrogen-bond donors (Lipinski definition) is 0. The van der Waals surface area contributed by atoms with Gasteiger partial charge in [0.25, 0.3) is 0 Å². The molecule has 1 rings (SSSR count). The molecular formula is C10H11BrF2MgO. The molecule has 0 aliphatic carbocycles. The van der Waals surface area contributed by atoms with E-state index in [1.807, 2.05) is 0 Å². The number of rotatable bonds is 1. The Kier molecular flexibility index (Phi) is 7.77. The van der Waals surface area contributed by atoms with Gasteiger partial charge in [0.2, 0.25) is 0 Å². The first-order valence-corrected chi connectivity index (χ1v) is 3.94. The van der Waals surface area contributed by atoms with E-state index < -0.39 is 17.2 Å². The summed E-state index contributed by atoms with van der Waals surface area (Å²) in [7, 11) is 0. The molecule has 1 aromatic carbocycles. The number of benzene rings is 1. The second-order valence-corrected chi connectivity index (χ2v) is 3.70. The average Bonchev–Trinajstić information content (AvgIpc) is 1.96. The second-order valence-electron chi connectivity index (χ2n) is 3.70. The molecule has 0 spiro atoms. The van der Waals surface area contributed by atoms with Crippen LogP contribution in [0.25, 0.3) is 0 Å². The van der Waals surface area contributed by atoms with Gasteiger partial charge in [0.1, 0.15) is 0 Å². The van der Waals surface area contributed by atoms with Gasteiger partial charge in [-0.3, -0.25) is 4.39 Å². The van der Waals surface area contributed by atoms with Crippen molar-refractivity contribution in [2.24, 2.45) is 0 Å². The van der Waals surface area contributed by atoms with Gasteiger partial charge in [-0.1, -0.05) is 0 Å². The number of hydrogen-bond acceptors (Lipinski definition) is 1. The minimum absolute atomic E-state index is 0. The van der Waals surface area contributed by atoms with Crippen LogP contribution in [0.15, 0.2) is 12.1 Å². The zero-order chi connectivity index (χ0) is 10.1. The van der Waals surface area contributed by atoms with E-state index in [4.69, 9.17) is 4.74 Å².